The SMILES string of the molecule is CC1=CC(=N)[N+](N)(C(C)C)N1. The van der Waals surface area contributed by atoms with E-state index in [1.165, 1.54) is 0 Å². The van der Waals surface area contributed by atoms with Gasteiger partial charge in [0.1, 0.15) is 6.04 Å². The van der Waals surface area contributed by atoms with Gasteiger partial charge < -0.3 is 0 Å². The van der Waals surface area contributed by atoms with Crippen LogP contribution in [0.3, 0.4) is 0 Å². The maximum Gasteiger partial charge on any atom is 0.266 e. The lowest BCUT2D eigenvalue weighted by Gasteiger charge is -2.30. The fraction of sp³-hybridized carbons (Fsp3) is 0.571. The van der Waals surface area contributed by atoms with E-state index in [2.05, 4.69) is 5.43 Å². The van der Waals surface area contributed by atoms with Gasteiger partial charge in [-0.3, -0.25) is 0 Å². The lowest BCUT2D eigenvalue weighted by molar-refractivity contribution is -0.911. The van der Waals surface area contributed by atoms with Crippen molar-refractivity contribution in [1.82, 2.24) is 5.43 Å². The standard InChI is InChI=1S/C7H15N4/c1-5(2)11(9)7(8)4-6(3)10-11/h4-5,8,10H,9H2,1-3H3/q+1. The van der Waals surface area contributed by atoms with Gasteiger partial charge in [-0.25, -0.2) is 10.8 Å². The van der Waals surface area contributed by atoms with Crippen molar-refractivity contribution in [3.05, 3.63) is 11.8 Å². The molecule has 0 aromatic carbocycles. The first-order chi connectivity index (χ1) is 4.97. The van der Waals surface area contributed by atoms with Gasteiger partial charge in [0.05, 0.1) is 5.70 Å². The summed E-state index contributed by atoms with van der Waals surface area (Å²) in [5.41, 5.74) is 3.98. The van der Waals surface area contributed by atoms with Crippen LogP contribution < -0.4 is 11.3 Å². The molecule has 0 aliphatic carbocycles. The molecule has 4 nitrogen and oxygen atoms in total. The maximum absolute atomic E-state index is 7.57. The summed E-state index contributed by atoms with van der Waals surface area (Å²) in [5.74, 6) is 6.30. The summed E-state index contributed by atoms with van der Waals surface area (Å²) in [6, 6.07) is 0.177. The van der Waals surface area contributed by atoms with Crippen LogP contribution in [-0.2, 0) is 0 Å². The van der Waals surface area contributed by atoms with E-state index < -0.39 is 0 Å². The van der Waals surface area contributed by atoms with E-state index in [0.717, 1.165) is 5.70 Å². The first kappa shape index (κ1) is 8.23. The fourth-order valence-electron chi connectivity index (χ4n) is 1.10. The van der Waals surface area contributed by atoms with Gasteiger partial charge in [0.15, 0.2) is 0 Å². The molecule has 1 unspecified atom stereocenters. The molecule has 1 atom stereocenters. The van der Waals surface area contributed by atoms with Crippen LogP contribution in [0.15, 0.2) is 11.8 Å². The molecule has 0 fully saturated rings. The van der Waals surface area contributed by atoms with Gasteiger partial charge in [-0.15, -0.1) is 10.5 Å². The third kappa shape index (κ3) is 1.15. The van der Waals surface area contributed by atoms with Crippen molar-refractivity contribution in [2.75, 3.05) is 0 Å². The second-order valence-corrected chi connectivity index (χ2v) is 3.20. The summed E-state index contributed by atoms with van der Waals surface area (Å²) in [6.07, 6.45) is 1.75. The average molecular weight is 155 g/mol. The Labute approximate surface area is 66.7 Å². The van der Waals surface area contributed by atoms with Gasteiger partial charge in [0.25, 0.3) is 5.84 Å². The minimum atomic E-state index is 0.0197. The number of hydrogen-bond donors (Lipinski definition) is 3. The first-order valence-corrected chi connectivity index (χ1v) is 3.70. The second-order valence-electron chi connectivity index (χ2n) is 3.20. The van der Waals surface area contributed by atoms with Crippen LogP contribution in [0.1, 0.15) is 20.8 Å². The monoisotopic (exact) mass is 155 g/mol. The molecule has 0 saturated heterocycles. The third-order valence-corrected chi connectivity index (χ3v) is 1.93. The number of amidine groups is 1. The highest BCUT2D eigenvalue weighted by Gasteiger charge is 2.37. The van der Waals surface area contributed by atoms with Crippen molar-refractivity contribution in [2.24, 2.45) is 5.84 Å². The van der Waals surface area contributed by atoms with Crippen LogP contribution in [0.25, 0.3) is 0 Å². The van der Waals surface area contributed by atoms with Gasteiger partial charge in [0.2, 0.25) is 0 Å². The Morgan fingerprint density at radius 2 is 2.18 bits per heavy atom. The van der Waals surface area contributed by atoms with E-state index in [1.54, 1.807) is 6.08 Å². The number of rotatable bonds is 1. The number of nitrogens with two attached hydrogens (primary N) is 1. The summed E-state index contributed by atoms with van der Waals surface area (Å²) in [4.78, 5) is 0. The molecule has 1 rings (SSSR count). The number of nitrogens with one attached hydrogen (secondary N) is 2. The molecule has 0 spiro atoms. The van der Waals surface area contributed by atoms with E-state index in [4.69, 9.17) is 11.3 Å². The molecule has 1 heterocycles. The molecule has 0 aromatic heterocycles. The van der Waals surface area contributed by atoms with Crippen LogP contribution in [-0.4, -0.2) is 16.6 Å². The minimum Gasteiger partial charge on any atom is -0.247 e. The molecule has 11 heavy (non-hydrogen) atoms. The predicted molar refractivity (Wildman–Crippen MR) is 44.2 cm³/mol. The number of allylic oxidation sites excluding steroid dienone is 1. The van der Waals surface area contributed by atoms with Gasteiger partial charge in [0, 0.05) is 6.08 Å². The molecule has 62 valence electrons. The fourth-order valence-corrected chi connectivity index (χ4v) is 1.10. The zero-order chi connectivity index (χ0) is 8.65. The van der Waals surface area contributed by atoms with Gasteiger partial charge in [-0.2, -0.15) is 0 Å². The Morgan fingerprint density at radius 1 is 1.64 bits per heavy atom. The first-order valence-electron chi connectivity index (χ1n) is 3.70. The molecule has 1 aliphatic heterocycles. The number of hydrogen-bond acceptors (Lipinski definition) is 3. The summed E-state index contributed by atoms with van der Waals surface area (Å²) >= 11 is 0. The van der Waals surface area contributed by atoms with Crippen LogP contribution in [0.4, 0.5) is 0 Å². The van der Waals surface area contributed by atoms with Gasteiger partial charge in [-0.1, -0.05) is 0 Å². The Hall–Kier alpha value is -0.870. The molecule has 1 aliphatic rings. The third-order valence-electron chi connectivity index (χ3n) is 1.93. The molecule has 4 N–H and O–H groups in total. The van der Waals surface area contributed by atoms with E-state index in [0.29, 0.717) is 5.84 Å². The average Bonchev–Trinajstić information content (AvgIpc) is 2.08. The van der Waals surface area contributed by atoms with Crippen molar-refractivity contribution >= 4 is 5.84 Å². The zero-order valence-corrected chi connectivity index (χ0v) is 7.18. The second kappa shape index (κ2) is 2.32. The van der Waals surface area contributed by atoms with Crippen molar-refractivity contribution < 1.29 is 4.70 Å². The highest BCUT2D eigenvalue weighted by atomic mass is 15.8. The molecule has 4 heteroatoms. The molecular weight excluding hydrogens is 140 g/mol. The Bertz CT molecular complexity index is 218. The molecule has 0 aromatic rings. The lowest BCUT2D eigenvalue weighted by atomic mass is 10.3. The maximum atomic E-state index is 7.57. The molecule has 0 saturated carbocycles. The van der Waals surface area contributed by atoms with Gasteiger partial charge in [-0.05, 0) is 20.8 Å². The Balaban J connectivity index is 2.87. The summed E-state index contributed by atoms with van der Waals surface area (Å²) < 4.78 is 0.0197. The van der Waals surface area contributed by atoms with Crippen LogP contribution >= 0.6 is 0 Å². The largest absolute Gasteiger partial charge is 0.266 e. The summed E-state index contributed by atoms with van der Waals surface area (Å²) in [5, 5.41) is 7.57. The van der Waals surface area contributed by atoms with Crippen LogP contribution in [0, 0.1) is 5.41 Å². The van der Waals surface area contributed by atoms with Crippen LogP contribution in [0.2, 0.25) is 0 Å². The quantitative estimate of drug-likeness (QED) is 0.381. The Kier molecular flexibility index (Phi) is 1.74. The number of nitrogens with zero attached hydrogens (tertiary/aromatic N) is 1. The minimum absolute atomic E-state index is 0.0197. The van der Waals surface area contributed by atoms with E-state index in [9.17, 15) is 0 Å². The number of quaternary nitrogens is 1. The normalized spacial score (nSPS) is 30.6. The lowest BCUT2D eigenvalue weighted by Crippen LogP contribution is -2.66. The molecular formula is C7H15N4+. The molecule has 0 amide bonds. The zero-order valence-electron chi connectivity index (χ0n) is 7.18. The highest BCUT2D eigenvalue weighted by molar-refractivity contribution is 5.86. The Morgan fingerprint density at radius 3 is 2.36 bits per heavy atom. The highest BCUT2D eigenvalue weighted by Crippen LogP contribution is 2.13. The van der Waals surface area contributed by atoms with Crippen molar-refractivity contribution in [1.29, 1.82) is 5.41 Å². The van der Waals surface area contributed by atoms with Gasteiger partial charge >= 0.3 is 0 Å². The molecule has 0 radical (unpaired) electrons. The van der Waals surface area contributed by atoms with E-state index in [-0.39, 0.29) is 10.7 Å². The summed E-state index contributed by atoms with van der Waals surface area (Å²) in [6.45, 7) is 5.87. The smallest absolute Gasteiger partial charge is 0.247 e. The van der Waals surface area contributed by atoms with E-state index >= 15 is 0 Å². The topological polar surface area (TPSA) is 61.9 Å². The van der Waals surface area contributed by atoms with Crippen molar-refractivity contribution in [3.8, 4) is 0 Å². The summed E-state index contributed by atoms with van der Waals surface area (Å²) in [7, 11) is 0. The van der Waals surface area contributed by atoms with Crippen LogP contribution in [0.5, 0.6) is 0 Å². The van der Waals surface area contributed by atoms with Crippen molar-refractivity contribution in [2.45, 2.75) is 26.8 Å². The van der Waals surface area contributed by atoms with E-state index in [1.807, 2.05) is 20.8 Å². The predicted octanol–water partition coefficient (Wildman–Crippen LogP) is 0.485. The molecule has 0 bridgehead atoms. The van der Waals surface area contributed by atoms with Crippen molar-refractivity contribution in [3.63, 3.8) is 0 Å².